The van der Waals surface area contributed by atoms with Crippen LogP contribution in [0.4, 0.5) is 5.69 Å². The first kappa shape index (κ1) is 19.1. The molecule has 0 aromatic heterocycles. The number of amides is 1. The molecule has 0 atom stereocenters. The Labute approximate surface area is 135 Å². The third-order valence-corrected chi connectivity index (χ3v) is 4.18. The molecular weight excluding hydrogens is 324 g/mol. The molecule has 8 nitrogen and oxygen atoms in total. The van der Waals surface area contributed by atoms with Crippen molar-refractivity contribution < 1.29 is 27.5 Å². The molecule has 1 aromatic rings. The van der Waals surface area contributed by atoms with E-state index in [4.69, 9.17) is 4.74 Å². The molecule has 0 aliphatic heterocycles. The number of hydrogen-bond acceptors (Lipinski definition) is 6. The van der Waals surface area contributed by atoms with Crippen molar-refractivity contribution in [3.63, 3.8) is 0 Å². The number of nitrogens with one attached hydrogen (secondary N) is 2. The fourth-order valence-corrected chi connectivity index (χ4v) is 2.68. The maximum absolute atomic E-state index is 12.0. The fraction of sp³-hybridized carbons (Fsp3) is 0.429. The monoisotopic (exact) mass is 344 g/mol. The van der Waals surface area contributed by atoms with E-state index in [9.17, 15) is 18.0 Å². The molecule has 0 aliphatic rings. The van der Waals surface area contributed by atoms with Gasteiger partial charge >= 0.3 is 11.9 Å². The molecule has 0 saturated heterocycles. The summed E-state index contributed by atoms with van der Waals surface area (Å²) in [5, 5.41) is 2.32. The third-order valence-electron chi connectivity index (χ3n) is 2.70. The Balaban J connectivity index is 2.65. The van der Waals surface area contributed by atoms with Crippen molar-refractivity contribution in [2.45, 2.75) is 18.2 Å². The Morgan fingerprint density at radius 2 is 1.83 bits per heavy atom. The fourth-order valence-electron chi connectivity index (χ4n) is 1.60. The van der Waals surface area contributed by atoms with E-state index in [1.54, 1.807) is 6.92 Å². The number of hydrogen-bond donors (Lipinski definition) is 2. The van der Waals surface area contributed by atoms with Crippen molar-refractivity contribution in [2.24, 2.45) is 0 Å². The van der Waals surface area contributed by atoms with Gasteiger partial charge in [0, 0.05) is 25.9 Å². The van der Waals surface area contributed by atoms with Crippen molar-refractivity contribution in [1.29, 1.82) is 0 Å². The maximum Gasteiger partial charge on any atom is 0.397 e. The zero-order valence-corrected chi connectivity index (χ0v) is 13.8. The Morgan fingerprint density at radius 1 is 1.17 bits per heavy atom. The van der Waals surface area contributed by atoms with E-state index in [-0.39, 0.29) is 18.0 Å². The first-order valence-corrected chi connectivity index (χ1v) is 8.45. The Morgan fingerprint density at radius 3 is 2.39 bits per heavy atom. The highest BCUT2D eigenvalue weighted by atomic mass is 32.2. The summed E-state index contributed by atoms with van der Waals surface area (Å²) in [5.74, 6) is -1.91. The number of rotatable bonds is 8. The van der Waals surface area contributed by atoms with E-state index >= 15 is 0 Å². The van der Waals surface area contributed by atoms with Gasteiger partial charge in [-0.3, -0.25) is 4.79 Å². The van der Waals surface area contributed by atoms with Gasteiger partial charge in [-0.05, 0) is 37.6 Å². The molecule has 0 spiro atoms. The third kappa shape index (κ3) is 6.35. The minimum absolute atomic E-state index is 0.0593. The maximum atomic E-state index is 12.0. The number of sulfonamides is 1. The van der Waals surface area contributed by atoms with Crippen molar-refractivity contribution in [1.82, 2.24) is 4.72 Å². The van der Waals surface area contributed by atoms with E-state index in [0.29, 0.717) is 18.7 Å². The average molecular weight is 344 g/mol. The molecule has 2 N–H and O–H groups in total. The quantitative estimate of drug-likeness (QED) is 0.404. The highest BCUT2D eigenvalue weighted by molar-refractivity contribution is 7.89. The molecule has 0 aliphatic carbocycles. The Bertz CT molecular complexity index is 627. The normalized spacial score (nSPS) is 11.0. The lowest BCUT2D eigenvalue weighted by Crippen LogP contribution is -2.26. The topological polar surface area (TPSA) is 111 Å². The summed E-state index contributed by atoms with van der Waals surface area (Å²) in [4.78, 5) is 22.7. The minimum Gasteiger partial charge on any atom is -0.459 e. The van der Waals surface area contributed by atoms with Crippen LogP contribution in [-0.4, -0.2) is 47.2 Å². The zero-order valence-electron chi connectivity index (χ0n) is 13.0. The lowest BCUT2D eigenvalue weighted by Gasteiger charge is -2.08. The lowest BCUT2D eigenvalue weighted by atomic mass is 10.3. The number of anilines is 1. The van der Waals surface area contributed by atoms with E-state index < -0.39 is 21.9 Å². The van der Waals surface area contributed by atoms with Gasteiger partial charge in [0.15, 0.2) is 0 Å². The summed E-state index contributed by atoms with van der Waals surface area (Å²) in [7, 11) is -2.08. The number of carbonyl (C=O) groups is 2. The number of benzene rings is 1. The second-order valence-corrected chi connectivity index (χ2v) is 6.21. The van der Waals surface area contributed by atoms with E-state index in [1.807, 2.05) is 0 Å². The predicted octanol–water partition coefficient (Wildman–Crippen LogP) is 0.503. The van der Waals surface area contributed by atoms with Crippen LogP contribution >= 0.6 is 0 Å². The first-order chi connectivity index (χ1) is 10.9. The molecule has 0 heterocycles. The number of ether oxygens (including phenoxy) is 2. The van der Waals surface area contributed by atoms with Crippen LogP contribution in [0.25, 0.3) is 0 Å². The van der Waals surface area contributed by atoms with Gasteiger partial charge in [0.05, 0.1) is 11.5 Å². The Kier molecular flexibility index (Phi) is 7.66. The summed E-state index contributed by atoms with van der Waals surface area (Å²) >= 11 is 0. The molecule has 128 valence electrons. The molecule has 0 unspecified atom stereocenters. The van der Waals surface area contributed by atoms with Crippen LogP contribution in [0.1, 0.15) is 13.3 Å². The van der Waals surface area contributed by atoms with E-state index in [0.717, 1.165) is 0 Å². The SMILES string of the molecule is CCOC(=O)C(=O)Nc1ccc(S(=O)(=O)NCCCOC)cc1. The summed E-state index contributed by atoms with van der Waals surface area (Å²) < 4.78 is 35.8. The highest BCUT2D eigenvalue weighted by Gasteiger charge is 2.16. The number of methoxy groups -OCH3 is 1. The van der Waals surface area contributed by atoms with Crippen LogP contribution in [0.3, 0.4) is 0 Å². The van der Waals surface area contributed by atoms with Crippen LogP contribution in [0.2, 0.25) is 0 Å². The largest absolute Gasteiger partial charge is 0.459 e. The predicted molar refractivity (Wildman–Crippen MR) is 83.4 cm³/mol. The van der Waals surface area contributed by atoms with Crippen LogP contribution < -0.4 is 10.0 Å². The highest BCUT2D eigenvalue weighted by Crippen LogP contribution is 2.14. The van der Waals surface area contributed by atoms with E-state index in [1.165, 1.54) is 31.4 Å². The molecule has 9 heteroatoms. The molecule has 23 heavy (non-hydrogen) atoms. The smallest absolute Gasteiger partial charge is 0.397 e. The summed E-state index contributed by atoms with van der Waals surface area (Å²) in [6.07, 6.45) is 0.559. The van der Waals surface area contributed by atoms with Crippen molar-refractivity contribution >= 4 is 27.6 Å². The number of esters is 1. The van der Waals surface area contributed by atoms with Crippen LogP contribution in [0, 0.1) is 0 Å². The van der Waals surface area contributed by atoms with Crippen molar-refractivity contribution in [2.75, 3.05) is 32.2 Å². The van der Waals surface area contributed by atoms with Crippen molar-refractivity contribution in [3.05, 3.63) is 24.3 Å². The van der Waals surface area contributed by atoms with Gasteiger partial charge in [0.25, 0.3) is 0 Å². The van der Waals surface area contributed by atoms with Gasteiger partial charge in [-0.15, -0.1) is 0 Å². The first-order valence-electron chi connectivity index (χ1n) is 6.97. The van der Waals surface area contributed by atoms with E-state index in [2.05, 4.69) is 14.8 Å². The summed E-state index contributed by atoms with van der Waals surface area (Å²) in [5.41, 5.74) is 0.293. The second kappa shape index (κ2) is 9.23. The van der Waals surface area contributed by atoms with Gasteiger partial charge in [-0.1, -0.05) is 0 Å². The molecule has 0 fully saturated rings. The second-order valence-electron chi connectivity index (χ2n) is 4.44. The van der Waals surface area contributed by atoms with Crippen LogP contribution in [0.15, 0.2) is 29.2 Å². The summed E-state index contributed by atoms with van der Waals surface area (Å²) in [6, 6.07) is 5.44. The van der Waals surface area contributed by atoms with Crippen LogP contribution in [0.5, 0.6) is 0 Å². The summed E-state index contributed by atoms with van der Waals surface area (Å²) in [6.45, 7) is 2.40. The lowest BCUT2D eigenvalue weighted by molar-refractivity contribution is -0.152. The molecule has 0 saturated carbocycles. The van der Waals surface area contributed by atoms with Gasteiger partial charge in [-0.2, -0.15) is 0 Å². The number of carbonyl (C=O) groups excluding carboxylic acids is 2. The van der Waals surface area contributed by atoms with Gasteiger partial charge in [0.2, 0.25) is 10.0 Å². The van der Waals surface area contributed by atoms with Gasteiger partial charge in [-0.25, -0.2) is 17.9 Å². The molecule has 1 amide bonds. The van der Waals surface area contributed by atoms with Crippen molar-refractivity contribution in [3.8, 4) is 0 Å². The zero-order chi connectivity index (χ0) is 17.3. The molecule has 0 bridgehead atoms. The van der Waals surface area contributed by atoms with Crippen LogP contribution in [-0.2, 0) is 29.1 Å². The average Bonchev–Trinajstić information content (AvgIpc) is 2.52. The van der Waals surface area contributed by atoms with Gasteiger partial charge in [0.1, 0.15) is 0 Å². The molecule has 1 aromatic carbocycles. The Hall–Kier alpha value is -1.97. The molecular formula is C14H20N2O6S. The standard InChI is InChI=1S/C14H20N2O6S/c1-3-22-14(18)13(17)16-11-5-7-12(8-6-11)23(19,20)15-9-4-10-21-2/h5-8,15H,3-4,9-10H2,1-2H3,(H,16,17). The molecule has 0 radical (unpaired) electrons. The van der Waals surface area contributed by atoms with Gasteiger partial charge < -0.3 is 14.8 Å². The molecule has 1 rings (SSSR count). The minimum atomic E-state index is -3.62.